The Hall–Kier alpha value is -2.87. The third-order valence-electron chi connectivity index (χ3n) is 4.58. The fraction of sp³-hybridized carbons (Fsp3) is 0.700. The summed E-state index contributed by atoms with van der Waals surface area (Å²) < 4.78 is 0. The molecule has 4 unspecified atom stereocenters. The molecule has 0 heterocycles. The van der Waals surface area contributed by atoms with Crippen LogP contribution in [0.2, 0.25) is 0 Å². The molecule has 34 heavy (non-hydrogen) atoms. The lowest BCUT2D eigenvalue weighted by molar-refractivity contribution is -0.142. The highest BCUT2D eigenvalue weighted by atomic mass is 32.2. The SMILES string of the molecule is CSCCC(NC(=O)C(CCC(=O)O)NC(=O)C(N)CC(=O)O)C(=O)NC(CC(C)C)C(=O)O. The second kappa shape index (κ2) is 15.9. The first-order valence-electron chi connectivity index (χ1n) is 10.6. The molecule has 8 N–H and O–H groups in total. The van der Waals surface area contributed by atoms with Crippen molar-refractivity contribution >= 4 is 47.4 Å². The molecular formula is C20H34N4O9S. The van der Waals surface area contributed by atoms with E-state index in [0.29, 0.717) is 5.75 Å². The topological polar surface area (TPSA) is 225 Å². The lowest BCUT2D eigenvalue weighted by atomic mass is 10.0. The van der Waals surface area contributed by atoms with E-state index >= 15 is 0 Å². The van der Waals surface area contributed by atoms with Gasteiger partial charge in [-0.25, -0.2) is 4.79 Å². The Morgan fingerprint density at radius 3 is 1.74 bits per heavy atom. The van der Waals surface area contributed by atoms with Gasteiger partial charge in [-0.1, -0.05) is 13.8 Å². The van der Waals surface area contributed by atoms with Crippen LogP contribution < -0.4 is 21.7 Å². The van der Waals surface area contributed by atoms with E-state index in [-0.39, 0.29) is 25.2 Å². The van der Waals surface area contributed by atoms with Gasteiger partial charge in [-0.3, -0.25) is 24.0 Å². The minimum absolute atomic E-state index is 0.0220. The number of carbonyl (C=O) groups is 6. The number of carbonyl (C=O) groups excluding carboxylic acids is 3. The molecule has 0 spiro atoms. The molecule has 0 aliphatic rings. The minimum atomic E-state index is -1.47. The van der Waals surface area contributed by atoms with Gasteiger partial charge in [0.1, 0.15) is 18.1 Å². The van der Waals surface area contributed by atoms with Gasteiger partial charge in [0.2, 0.25) is 17.7 Å². The van der Waals surface area contributed by atoms with Crippen molar-refractivity contribution in [1.82, 2.24) is 16.0 Å². The van der Waals surface area contributed by atoms with E-state index in [4.69, 9.17) is 15.9 Å². The van der Waals surface area contributed by atoms with E-state index in [9.17, 15) is 33.9 Å². The van der Waals surface area contributed by atoms with Crippen molar-refractivity contribution in [3.63, 3.8) is 0 Å². The monoisotopic (exact) mass is 506 g/mol. The second-order valence-electron chi connectivity index (χ2n) is 8.07. The van der Waals surface area contributed by atoms with E-state index in [1.54, 1.807) is 20.1 Å². The van der Waals surface area contributed by atoms with Crippen LogP contribution in [0.15, 0.2) is 0 Å². The molecule has 0 bridgehead atoms. The summed E-state index contributed by atoms with van der Waals surface area (Å²) in [6.07, 6.45) is 0.547. The molecule has 0 aromatic heterocycles. The number of amides is 3. The smallest absolute Gasteiger partial charge is 0.326 e. The molecule has 3 amide bonds. The van der Waals surface area contributed by atoms with Crippen LogP contribution in [0.3, 0.4) is 0 Å². The second-order valence-corrected chi connectivity index (χ2v) is 9.06. The van der Waals surface area contributed by atoms with Crippen molar-refractivity contribution in [2.24, 2.45) is 11.7 Å². The highest BCUT2D eigenvalue weighted by Crippen LogP contribution is 2.08. The third kappa shape index (κ3) is 13.0. The molecule has 0 fully saturated rings. The third-order valence-corrected chi connectivity index (χ3v) is 5.22. The van der Waals surface area contributed by atoms with Crippen molar-refractivity contribution in [1.29, 1.82) is 0 Å². The summed E-state index contributed by atoms with van der Waals surface area (Å²) in [6.45, 7) is 3.58. The Kier molecular flexibility index (Phi) is 14.5. The molecule has 0 aliphatic heterocycles. The van der Waals surface area contributed by atoms with Crippen LogP contribution >= 0.6 is 11.8 Å². The molecule has 13 nitrogen and oxygen atoms in total. The van der Waals surface area contributed by atoms with Gasteiger partial charge in [0, 0.05) is 6.42 Å². The maximum atomic E-state index is 12.8. The Bertz CT molecular complexity index is 748. The summed E-state index contributed by atoms with van der Waals surface area (Å²) in [6, 6.07) is -5.19. The number of nitrogens with one attached hydrogen (secondary N) is 3. The molecule has 194 valence electrons. The zero-order valence-corrected chi connectivity index (χ0v) is 20.2. The van der Waals surface area contributed by atoms with Crippen LogP contribution in [0.5, 0.6) is 0 Å². The molecule has 0 aliphatic carbocycles. The Balaban J connectivity index is 5.53. The first kappa shape index (κ1) is 31.1. The summed E-state index contributed by atoms with van der Waals surface area (Å²) in [4.78, 5) is 71.0. The fourth-order valence-electron chi connectivity index (χ4n) is 2.84. The summed E-state index contributed by atoms with van der Waals surface area (Å²) in [7, 11) is 0. The summed E-state index contributed by atoms with van der Waals surface area (Å²) in [5, 5.41) is 34.2. The molecule has 0 saturated heterocycles. The molecule has 4 atom stereocenters. The van der Waals surface area contributed by atoms with Crippen LogP contribution in [-0.2, 0) is 28.8 Å². The van der Waals surface area contributed by atoms with Gasteiger partial charge in [-0.05, 0) is 37.2 Å². The van der Waals surface area contributed by atoms with Crippen molar-refractivity contribution in [3.05, 3.63) is 0 Å². The van der Waals surface area contributed by atoms with Crippen molar-refractivity contribution in [2.75, 3.05) is 12.0 Å². The minimum Gasteiger partial charge on any atom is -0.481 e. The number of nitrogens with two attached hydrogens (primary N) is 1. The maximum absolute atomic E-state index is 12.8. The van der Waals surface area contributed by atoms with Crippen molar-refractivity contribution < 1.29 is 44.1 Å². The number of rotatable bonds is 17. The number of carboxylic acid groups (broad SMARTS) is 3. The van der Waals surface area contributed by atoms with Crippen LogP contribution in [0, 0.1) is 5.92 Å². The standard InChI is InChI=1S/C20H34N4O9S/c1-10(2)8-14(20(32)33)24-19(31)13(6-7-34-3)23-18(30)12(4-5-15(25)26)22-17(29)11(21)9-16(27)28/h10-14H,4-9,21H2,1-3H3,(H,22,29)(H,23,30)(H,24,31)(H,25,26)(H,27,28)(H,32,33). The molecule has 14 heteroatoms. The Labute approximate surface area is 201 Å². The Morgan fingerprint density at radius 1 is 0.794 bits per heavy atom. The molecule has 0 radical (unpaired) electrons. The van der Waals surface area contributed by atoms with Crippen LogP contribution in [0.25, 0.3) is 0 Å². The van der Waals surface area contributed by atoms with Gasteiger partial charge in [0.15, 0.2) is 0 Å². The number of carboxylic acids is 3. The number of hydrogen-bond acceptors (Lipinski definition) is 8. The van der Waals surface area contributed by atoms with Crippen molar-refractivity contribution in [3.8, 4) is 0 Å². The number of hydrogen-bond donors (Lipinski definition) is 7. The predicted octanol–water partition coefficient (Wildman–Crippen LogP) is -1.01. The zero-order valence-electron chi connectivity index (χ0n) is 19.4. The average Bonchev–Trinajstić information content (AvgIpc) is 2.71. The first-order chi connectivity index (χ1) is 15.8. The van der Waals surface area contributed by atoms with Crippen LogP contribution in [0.4, 0.5) is 0 Å². The lowest BCUT2D eigenvalue weighted by Gasteiger charge is -2.25. The van der Waals surface area contributed by atoms with E-state index < -0.39 is 72.6 Å². The lowest BCUT2D eigenvalue weighted by Crippen LogP contribution is -2.57. The van der Waals surface area contributed by atoms with Gasteiger partial charge in [0.05, 0.1) is 12.5 Å². The van der Waals surface area contributed by atoms with Gasteiger partial charge >= 0.3 is 17.9 Å². The molecule has 0 aromatic carbocycles. The average molecular weight is 507 g/mol. The number of thioether (sulfide) groups is 1. The van der Waals surface area contributed by atoms with E-state index in [1.165, 1.54) is 11.8 Å². The van der Waals surface area contributed by atoms with Gasteiger partial charge in [0.25, 0.3) is 0 Å². The molecular weight excluding hydrogens is 472 g/mol. The van der Waals surface area contributed by atoms with Gasteiger partial charge in [-0.15, -0.1) is 0 Å². The zero-order chi connectivity index (χ0) is 26.4. The maximum Gasteiger partial charge on any atom is 0.326 e. The predicted molar refractivity (Wildman–Crippen MR) is 123 cm³/mol. The first-order valence-corrected chi connectivity index (χ1v) is 12.0. The summed E-state index contributed by atoms with van der Waals surface area (Å²) in [5.41, 5.74) is 5.50. The molecule has 0 saturated carbocycles. The highest BCUT2D eigenvalue weighted by Gasteiger charge is 2.31. The Morgan fingerprint density at radius 2 is 1.29 bits per heavy atom. The highest BCUT2D eigenvalue weighted by molar-refractivity contribution is 7.98. The largest absolute Gasteiger partial charge is 0.481 e. The van der Waals surface area contributed by atoms with E-state index in [0.717, 1.165) is 0 Å². The summed E-state index contributed by atoms with van der Waals surface area (Å²) >= 11 is 1.39. The van der Waals surface area contributed by atoms with Gasteiger partial charge < -0.3 is 37.0 Å². The quantitative estimate of drug-likeness (QED) is 0.126. The normalized spacial score (nSPS) is 14.4. The molecule has 0 aromatic rings. The number of aliphatic carboxylic acids is 3. The van der Waals surface area contributed by atoms with Crippen LogP contribution in [0.1, 0.15) is 46.0 Å². The fourth-order valence-corrected chi connectivity index (χ4v) is 3.31. The van der Waals surface area contributed by atoms with Gasteiger partial charge in [-0.2, -0.15) is 11.8 Å². The van der Waals surface area contributed by atoms with E-state index in [2.05, 4.69) is 16.0 Å². The summed E-state index contributed by atoms with van der Waals surface area (Å²) in [5.74, 6) is -5.97. The van der Waals surface area contributed by atoms with E-state index in [1.807, 2.05) is 0 Å². The molecule has 0 rings (SSSR count). The van der Waals surface area contributed by atoms with Crippen LogP contribution in [-0.4, -0.2) is 87.1 Å². The van der Waals surface area contributed by atoms with Crippen molar-refractivity contribution in [2.45, 2.75) is 70.1 Å².